The molecule has 0 spiro atoms. The Balaban J connectivity index is 1.56. The van der Waals surface area contributed by atoms with Crippen LogP contribution in [0, 0.1) is 12.7 Å². The van der Waals surface area contributed by atoms with E-state index in [1.165, 1.54) is 36.0 Å². The number of aryl methyl sites for hydroxylation is 1. The summed E-state index contributed by atoms with van der Waals surface area (Å²) in [5.41, 5.74) is 6.67. The predicted octanol–water partition coefficient (Wildman–Crippen LogP) is 3.42. The summed E-state index contributed by atoms with van der Waals surface area (Å²) in [6.07, 6.45) is 0.0296. The lowest BCUT2D eigenvalue weighted by Crippen LogP contribution is -2.42. The lowest BCUT2D eigenvalue weighted by molar-refractivity contribution is -0.121. The third kappa shape index (κ3) is 5.43. The van der Waals surface area contributed by atoms with Gasteiger partial charge < -0.3 is 4.52 Å². The standard InChI is InChI=1S/C20H18FN3O3S/c1-13-10-16(27-24-13)12-28-18-5-3-2-4-17(18)20(26)23-22-19(25)11-14-6-8-15(21)9-7-14/h2-10H,11-12H2,1H3,(H,22,25)(H,23,26). The fraction of sp³-hybridized carbons (Fsp3) is 0.150. The second kappa shape index (κ2) is 9.18. The topological polar surface area (TPSA) is 84.2 Å². The van der Waals surface area contributed by atoms with Crippen LogP contribution in [-0.4, -0.2) is 17.0 Å². The van der Waals surface area contributed by atoms with Crippen LogP contribution in [0.1, 0.15) is 27.4 Å². The van der Waals surface area contributed by atoms with Gasteiger partial charge in [0.05, 0.1) is 23.4 Å². The zero-order valence-corrected chi connectivity index (χ0v) is 15.9. The Morgan fingerprint density at radius 1 is 1.11 bits per heavy atom. The average molecular weight is 399 g/mol. The second-order valence-electron chi connectivity index (χ2n) is 6.02. The van der Waals surface area contributed by atoms with Gasteiger partial charge in [-0.15, -0.1) is 11.8 Å². The van der Waals surface area contributed by atoms with E-state index in [0.29, 0.717) is 22.6 Å². The van der Waals surface area contributed by atoms with Gasteiger partial charge in [0.25, 0.3) is 5.91 Å². The van der Waals surface area contributed by atoms with Crippen LogP contribution >= 0.6 is 11.8 Å². The molecule has 0 atom stereocenters. The maximum Gasteiger partial charge on any atom is 0.270 e. The summed E-state index contributed by atoms with van der Waals surface area (Å²) in [4.78, 5) is 25.2. The molecule has 0 aliphatic carbocycles. The van der Waals surface area contributed by atoms with Crippen LogP contribution in [0.2, 0.25) is 0 Å². The zero-order chi connectivity index (χ0) is 19.9. The van der Waals surface area contributed by atoms with Gasteiger partial charge in [-0.3, -0.25) is 20.4 Å². The molecule has 28 heavy (non-hydrogen) atoms. The third-order valence-electron chi connectivity index (χ3n) is 3.77. The first kappa shape index (κ1) is 19.6. The van der Waals surface area contributed by atoms with Gasteiger partial charge in [-0.25, -0.2) is 4.39 Å². The largest absolute Gasteiger partial charge is 0.360 e. The number of carbonyl (C=O) groups is 2. The highest BCUT2D eigenvalue weighted by Crippen LogP contribution is 2.26. The van der Waals surface area contributed by atoms with E-state index >= 15 is 0 Å². The molecule has 6 nitrogen and oxygen atoms in total. The number of hydrogen-bond acceptors (Lipinski definition) is 5. The Kier molecular flexibility index (Phi) is 6.44. The van der Waals surface area contributed by atoms with Crippen LogP contribution in [0.5, 0.6) is 0 Å². The normalized spacial score (nSPS) is 10.5. The van der Waals surface area contributed by atoms with Crippen molar-refractivity contribution in [2.45, 2.75) is 24.0 Å². The van der Waals surface area contributed by atoms with Crippen LogP contribution in [0.3, 0.4) is 0 Å². The molecule has 0 aliphatic rings. The monoisotopic (exact) mass is 399 g/mol. The highest BCUT2D eigenvalue weighted by molar-refractivity contribution is 7.98. The van der Waals surface area contributed by atoms with E-state index in [1.807, 2.05) is 25.1 Å². The molecule has 0 aliphatic heterocycles. The number of aromatic nitrogens is 1. The number of halogens is 1. The molecule has 0 saturated carbocycles. The summed E-state index contributed by atoms with van der Waals surface area (Å²) in [5, 5.41) is 3.84. The highest BCUT2D eigenvalue weighted by atomic mass is 32.2. The number of rotatable bonds is 6. The van der Waals surface area contributed by atoms with E-state index in [2.05, 4.69) is 16.0 Å². The van der Waals surface area contributed by atoms with Crippen molar-refractivity contribution in [3.63, 3.8) is 0 Å². The van der Waals surface area contributed by atoms with E-state index in [1.54, 1.807) is 12.1 Å². The molecule has 1 aromatic heterocycles. The molecule has 0 saturated heterocycles. The molecule has 2 aromatic carbocycles. The van der Waals surface area contributed by atoms with Crippen LogP contribution in [0.15, 0.2) is 64.0 Å². The molecule has 8 heteroatoms. The van der Waals surface area contributed by atoms with E-state index in [4.69, 9.17) is 4.52 Å². The third-order valence-corrected chi connectivity index (χ3v) is 4.87. The molecule has 3 rings (SSSR count). The molecule has 144 valence electrons. The molecule has 0 bridgehead atoms. The van der Waals surface area contributed by atoms with Gasteiger partial charge in [0, 0.05) is 11.0 Å². The van der Waals surface area contributed by atoms with Crippen molar-refractivity contribution in [3.05, 3.63) is 83.0 Å². The SMILES string of the molecule is Cc1cc(CSc2ccccc2C(=O)NNC(=O)Cc2ccc(F)cc2)on1. The molecule has 0 unspecified atom stereocenters. The summed E-state index contributed by atoms with van der Waals surface area (Å²) in [7, 11) is 0. The maximum atomic E-state index is 12.9. The van der Waals surface area contributed by atoms with Crippen molar-refractivity contribution < 1.29 is 18.5 Å². The molecule has 0 fully saturated rings. The smallest absolute Gasteiger partial charge is 0.270 e. The van der Waals surface area contributed by atoms with Gasteiger partial charge in [0.15, 0.2) is 0 Å². The first-order chi connectivity index (χ1) is 13.5. The van der Waals surface area contributed by atoms with Crippen LogP contribution in [0.4, 0.5) is 4.39 Å². The van der Waals surface area contributed by atoms with Gasteiger partial charge in [-0.1, -0.05) is 29.4 Å². The zero-order valence-electron chi connectivity index (χ0n) is 15.1. The fourth-order valence-corrected chi connectivity index (χ4v) is 3.36. The van der Waals surface area contributed by atoms with E-state index in [9.17, 15) is 14.0 Å². The van der Waals surface area contributed by atoms with Gasteiger partial charge in [0.1, 0.15) is 11.6 Å². The van der Waals surface area contributed by atoms with Crippen molar-refractivity contribution in [2.24, 2.45) is 0 Å². The number of benzene rings is 2. The van der Waals surface area contributed by atoms with E-state index in [0.717, 1.165) is 10.6 Å². The molecule has 2 N–H and O–H groups in total. The Labute approximate surface area is 165 Å². The molecule has 1 heterocycles. The fourth-order valence-electron chi connectivity index (χ4n) is 2.44. The van der Waals surface area contributed by atoms with Crippen molar-refractivity contribution in [1.29, 1.82) is 0 Å². The average Bonchev–Trinajstić information content (AvgIpc) is 3.12. The van der Waals surface area contributed by atoms with E-state index in [-0.39, 0.29) is 12.2 Å². The lowest BCUT2D eigenvalue weighted by atomic mass is 10.1. The second-order valence-corrected chi connectivity index (χ2v) is 7.04. The Hall–Kier alpha value is -3.13. The van der Waals surface area contributed by atoms with Crippen molar-refractivity contribution >= 4 is 23.6 Å². The minimum atomic E-state index is -0.427. The Morgan fingerprint density at radius 3 is 2.57 bits per heavy atom. The Bertz CT molecular complexity index is 973. The van der Waals surface area contributed by atoms with E-state index < -0.39 is 11.8 Å². The summed E-state index contributed by atoms with van der Waals surface area (Å²) in [6.45, 7) is 1.84. The summed E-state index contributed by atoms with van der Waals surface area (Å²) in [6, 6.07) is 14.5. The van der Waals surface area contributed by atoms with Crippen LogP contribution in [0.25, 0.3) is 0 Å². The number of amides is 2. The summed E-state index contributed by atoms with van der Waals surface area (Å²) < 4.78 is 18.1. The lowest BCUT2D eigenvalue weighted by Gasteiger charge is -2.10. The number of thioether (sulfide) groups is 1. The van der Waals surface area contributed by atoms with Crippen molar-refractivity contribution in [1.82, 2.24) is 16.0 Å². The Morgan fingerprint density at radius 2 is 1.86 bits per heavy atom. The first-order valence-corrected chi connectivity index (χ1v) is 9.47. The minimum Gasteiger partial charge on any atom is -0.360 e. The first-order valence-electron chi connectivity index (χ1n) is 8.49. The molecule has 3 aromatic rings. The molecular weight excluding hydrogens is 381 g/mol. The quantitative estimate of drug-likeness (QED) is 0.490. The number of hydrogen-bond donors (Lipinski definition) is 2. The van der Waals surface area contributed by atoms with Crippen LogP contribution in [-0.2, 0) is 17.0 Å². The maximum absolute atomic E-state index is 12.9. The molecular formula is C20H18FN3O3S. The number of nitrogens with zero attached hydrogens (tertiary/aromatic N) is 1. The number of nitrogens with one attached hydrogen (secondary N) is 2. The molecule has 2 amide bonds. The van der Waals surface area contributed by atoms with Crippen molar-refractivity contribution in [2.75, 3.05) is 0 Å². The number of hydrazine groups is 1. The van der Waals surface area contributed by atoms with Crippen molar-refractivity contribution in [3.8, 4) is 0 Å². The van der Waals surface area contributed by atoms with Gasteiger partial charge in [-0.2, -0.15) is 0 Å². The van der Waals surface area contributed by atoms with Crippen LogP contribution < -0.4 is 10.9 Å². The van der Waals surface area contributed by atoms with Gasteiger partial charge in [0.2, 0.25) is 5.91 Å². The van der Waals surface area contributed by atoms with Gasteiger partial charge in [-0.05, 0) is 36.8 Å². The predicted molar refractivity (Wildman–Crippen MR) is 103 cm³/mol. The molecule has 0 radical (unpaired) electrons. The summed E-state index contributed by atoms with van der Waals surface area (Å²) in [5.74, 6) is 0.0473. The highest BCUT2D eigenvalue weighted by Gasteiger charge is 2.13. The van der Waals surface area contributed by atoms with Gasteiger partial charge >= 0.3 is 0 Å². The summed E-state index contributed by atoms with van der Waals surface area (Å²) >= 11 is 1.44. The minimum absolute atomic E-state index is 0.0296. The number of carbonyl (C=O) groups excluding carboxylic acids is 2.